The molecule has 2 nitrogen and oxygen atoms in total. The zero-order valence-corrected chi connectivity index (χ0v) is 29.7. The summed E-state index contributed by atoms with van der Waals surface area (Å²) in [5.41, 5.74) is 15.1. The molecule has 242 valence electrons. The molecule has 0 unspecified atom stereocenters. The van der Waals surface area contributed by atoms with Gasteiger partial charge in [-0.15, -0.1) is 0 Å². The number of benzene rings is 7. The summed E-state index contributed by atoms with van der Waals surface area (Å²) in [6.07, 6.45) is 0. The lowest BCUT2D eigenvalue weighted by molar-refractivity contribution is 1.21. The maximum absolute atomic E-state index is 5.40. The van der Waals surface area contributed by atoms with Gasteiger partial charge >= 0.3 is 0 Å². The molecule has 1 aromatic heterocycles. The molecule has 7 aromatic carbocycles. The Morgan fingerprint density at radius 1 is 0.353 bits per heavy atom. The van der Waals surface area contributed by atoms with Crippen LogP contribution < -0.4 is 10.5 Å². The minimum absolute atomic E-state index is 0.780. The fourth-order valence-electron chi connectivity index (χ4n) is 7.58. The summed E-state index contributed by atoms with van der Waals surface area (Å²) in [6, 6.07) is 65.3. The van der Waals surface area contributed by atoms with Gasteiger partial charge in [0.25, 0.3) is 0 Å². The fraction of sp³-hybridized carbons (Fsp3) is 0.0417. The molecule has 1 aliphatic rings. The van der Waals surface area contributed by atoms with E-state index in [0.717, 1.165) is 33.8 Å². The number of hydrogen-bond acceptors (Lipinski definition) is 2. The van der Waals surface area contributed by atoms with E-state index >= 15 is 0 Å². The van der Waals surface area contributed by atoms with E-state index in [-0.39, 0.29) is 0 Å². The third-order valence-electron chi connectivity index (χ3n) is 10.2. The van der Waals surface area contributed by atoms with Crippen molar-refractivity contribution in [1.29, 1.82) is 0 Å². The van der Waals surface area contributed by atoms with Crippen molar-refractivity contribution in [2.45, 2.75) is 13.1 Å². The van der Waals surface area contributed by atoms with Crippen molar-refractivity contribution in [3.63, 3.8) is 0 Å². The van der Waals surface area contributed by atoms with Crippen LogP contribution in [0.5, 0.6) is 0 Å². The minimum Gasteiger partial charge on any atom is -0.237 e. The maximum atomic E-state index is 5.40. The Hall–Kier alpha value is -6.16. The molecule has 51 heavy (non-hydrogen) atoms. The molecule has 0 fully saturated rings. The van der Waals surface area contributed by atoms with Crippen LogP contribution in [-0.2, 0) is 0 Å². The Bertz CT molecular complexity index is 2480. The summed E-state index contributed by atoms with van der Waals surface area (Å²) in [5.74, 6) is 0.780. The van der Waals surface area contributed by atoms with Crippen LogP contribution in [0.4, 0.5) is 0 Å². The summed E-state index contributed by atoms with van der Waals surface area (Å²) >= 11 is 0. The van der Waals surface area contributed by atoms with Crippen LogP contribution in [0, 0.1) is 0 Å². The average molecular weight is 669 g/mol. The number of rotatable bonds is 6. The zero-order valence-electron chi connectivity index (χ0n) is 28.7. The smallest absolute Gasteiger partial charge is 0.159 e. The molecule has 8 aromatic rings. The van der Waals surface area contributed by atoms with E-state index in [2.05, 4.69) is 195 Å². The van der Waals surface area contributed by atoms with Crippen LogP contribution in [-0.4, -0.2) is 18.0 Å². The van der Waals surface area contributed by atoms with Crippen molar-refractivity contribution < 1.29 is 0 Å². The Kier molecular flexibility index (Phi) is 7.64. The first-order valence-corrected chi connectivity index (χ1v) is 20.6. The monoisotopic (exact) mass is 668 g/mol. The summed E-state index contributed by atoms with van der Waals surface area (Å²) in [5, 5.41) is 2.65. The quantitative estimate of drug-likeness (QED) is 0.165. The largest absolute Gasteiger partial charge is 0.237 e. The summed E-state index contributed by atoms with van der Waals surface area (Å²) in [7, 11) is -2.04. The van der Waals surface area contributed by atoms with Crippen molar-refractivity contribution in [2.75, 3.05) is 0 Å². The second-order valence-electron chi connectivity index (χ2n) is 13.8. The van der Waals surface area contributed by atoms with Crippen molar-refractivity contribution in [1.82, 2.24) is 9.97 Å². The maximum Gasteiger partial charge on any atom is 0.159 e. The Morgan fingerprint density at radius 2 is 0.765 bits per heavy atom. The molecule has 2 heterocycles. The molecule has 0 spiro atoms. The lowest BCUT2D eigenvalue weighted by Crippen LogP contribution is -2.50. The van der Waals surface area contributed by atoms with Gasteiger partial charge in [0.05, 0.1) is 5.69 Å². The molecule has 0 saturated heterocycles. The third-order valence-corrected chi connectivity index (χ3v) is 13.5. The van der Waals surface area contributed by atoms with Crippen LogP contribution in [0.15, 0.2) is 182 Å². The van der Waals surface area contributed by atoms with Gasteiger partial charge in [-0.2, -0.15) is 0 Å². The van der Waals surface area contributed by atoms with Crippen molar-refractivity contribution in [3.8, 4) is 78.3 Å². The molecule has 0 aliphatic carbocycles. The van der Waals surface area contributed by atoms with Gasteiger partial charge in [0.1, 0.15) is 8.07 Å². The minimum atomic E-state index is -2.04. The Balaban J connectivity index is 1.15. The molecule has 1 aliphatic heterocycles. The van der Waals surface area contributed by atoms with E-state index in [0.29, 0.717) is 0 Å². The van der Waals surface area contributed by atoms with Crippen molar-refractivity contribution in [2.24, 2.45) is 0 Å². The second-order valence-corrected chi connectivity index (χ2v) is 18.1. The standard InChI is InChI=1S/C48H36N2Si/c1-51(2)44-27-13-12-26-43(44)45-46(35-20-10-5-11-21-35)49-47(50-48(45)51)39-25-15-23-37(29-39)36-22-14-24-38(28-36)42-31-40(33-16-6-3-7-17-33)30-41(32-42)34-18-8-4-9-19-34/h3-32H,1-2H3. The Morgan fingerprint density at radius 3 is 1.35 bits per heavy atom. The highest BCUT2D eigenvalue weighted by molar-refractivity contribution is 7.03. The molecule has 0 N–H and O–H groups in total. The normalized spacial score (nSPS) is 12.7. The molecule has 0 radical (unpaired) electrons. The lowest BCUT2D eigenvalue weighted by atomic mass is 9.92. The predicted octanol–water partition coefficient (Wildman–Crippen LogP) is 11.3. The Labute approximate surface area is 300 Å². The van der Waals surface area contributed by atoms with E-state index < -0.39 is 8.07 Å². The third kappa shape index (κ3) is 5.62. The first kappa shape index (κ1) is 30.9. The topological polar surface area (TPSA) is 25.8 Å². The molecule has 0 bridgehead atoms. The van der Waals surface area contributed by atoms with Gasteiger partial charge in [0, 0.05) is 22.0 Å². The molecular weight excluding hydrogens is 633 g/mol. The first-order valence-electron chi connectivity index (χ1n) is 17.6. The van der Waals surface area contributed by atoms with Crippen LogP contribution in [0.1, 0.15) is 0 Å². The summed E-state index contributed by atoms with van der Waals surface area (Å²) < 4.78 is 0. The molecule has 0 amide bonds. The van der Waals surface area contributed by atoms with Crippen LogP contribution >= 0.6 is 0 Å². The SMILES string of the molecule is C[Si]1(C)c2ccccc2-c2c(-c3ccccc3)nc(-c3cccc(-c4cccc(-c5cc(-c6ccccc6)cc(-c6ccccc6)c5)c4)c3)nc21. The predicted molar refractivity (Wildman–Crippen MR) is 217 cm³/mol. The van der Waals surface area contributed by atoms with Crippen molar-refractivity contribution in [3.05, 3.63) is 182 Å². The molecule has 3 heteroatoms. The van der Waals surface area contributed by atoms with Gasteiger partial charge in [-0.05, 0) is 85.6 Å². The fourth-order valence-corrected chi connectivity index (χ4v) is 10.5. The van der Waals surface area contributed by atoms with E-state index in [1.807, 2.05) is 0 Å². The van der Waals surface area contributed by atoms with E-state index in [4.69, 9.17) is 9.97 Å². The van der Waals surface area contributed by atoms with E-state index in [1.54, 1.807) is 0 Å². The average Bonchev–Trinajstić information content (AvgIpc) is 3.44. The molecule has 0 saturated carbocycles. The van der Waals surface area contributed by atoms with E-state index in [9.17, 15) is 0 Å². The molecule has 9 rings (SSSR count). The van der Waals surface area contributed by atoms with Gasteiger partial charge in [0.2, 0.25) is 0 Å². The number of aromatic nitrogens is 2. The van der Waals surface area contributed by atoms with Gasteiger partial charge in [-0.25, -0.2) is 9.97 Å². The highest BCUT2D eigenvalue weighted by Crippen LogP contribution is 2.38. The van der Waals surface area contributed by atoms with Crippen LogP contribution in [0.25, 0.3) is 78.3 Å². The zero-order chi connectivity index (χ0) is 34.4. The molecule has 0 atom stereocenters. The highest BCUT2D eigenvalue weighted by atomic mass is 28.3. The van der Waals surface area contributed by atoms with Crippen LogP contribution in [0.3, 0.4) is 0 Å². The summed E-state index contributed by atoms with van der Waals surface area (Å²) in [4.78, 5) is 10.7. The van der Waals surface area contributed by atoms with Gasteiger partial charge < -0.3 is 0 Å². The van der Waals surface area contributed by atoms with Gasteiger partial charge in [-0.3, -0.25) is 0 Å². The van der Waals surface area contributed by atoms with Gasteiger partial charge in [-0.1, -0.05) is 165 Å². The number of hydrogen-bond donors (Lipinski definition) is 0. The molecular formula is C48H36N2Si. The van der Waals surface area contributed by atoms with Crippen LogP contribution in [0.2, 0.25) is 13.1 Å². The summed E-state index contributed by atoms with van der Waals surface area (Å²) in [6.45, 7) is 4.84. The number of nitrogens with zero attached hydrogens (tertiary/aromatic N) is 2. The lowest BCUT2D eigenvalue weighted by Gasteiger charge is -2.19. The second kappa shape index (κ2) is 12.6. The van der Waals surface area contributed by atoms with Gasteiger partial charge in [0.15, 0.2) is 5.82 Å². The van der Waals surface area contributed by atoms with Crippen molar-refractivity contribution >= 4 is 18.6 Å². The highest BCUT2D eigenvalue weighted by Gasteiger charge is 2.41. The number of fused-ring (bicyclic) bond motifs is 3. The first-order chi connectivity index (χ1) is 25.0. The van der Waals surface area contributed by atoms with E-state index in [1.165, 1.54) is 55.0 Å².